The molecule has 1 aromatic rings. The minimum Gasteiger partial charge on any atom is -0.309 e. The zero-order valence-electron chi connectivity index (χ0n) is 12.5. The van der Waals surface area contributed by atoms with E-state index in [1.165, 1.54) is 0 Å². The molecule has 2 heterocycles. The predicted molar refractivity (Wildman–Crippen MR) is 87.7 cm³/mol. The first-order chi connectivity index (χ1) is 9.89. The van der Waals surface area contributed by atoms with Gasteiger partial charge in [0.1, 0.15) is 4.21 Å². The van der Waals surface area contributed by atoms with Crippen LogP contribution in [0, 0.1) is 0 Å². The fourth-order valence-electron chi connectivity index (χ4n) is 2.37. The largest absolute Gasteiger partial charge is 0.309 e. The SMILES string of the molecule is CN(C)CCCN1CCN(S(=O)(=O)c2ccc(Cl)s2)CC1. The Morgan fingerprint density at radius 2 is 1.90 bits per heavy atom. The highest BCUT2D eigenvalue weighted by Crippen LogP contribution is 2.28. The van der Waals surface area contributed by atoms with Crippen LogP contribution in [0.3, 0.4) is 0 Å². The third-order valence-electron chi connectivity index (χ3n) is 3.55. The zero-order chi connectivity index (χ0) is 15.5. The Labute approximate surface area is 136 Å². The summed E-state index contributed by atoms with van der Waals surface area (Å²) in [5.74, 6) is 0. The van der Waals surface area contributed by atoms with Crippen molar-refractivity contribution in [3.05, 3.63) is 16.5 Å². The molecule has 120 valence electrons. The number of hydrogen-bond acceptors (Lipinski definition) is 5. The van der Waals surface area contributed by atoms with Gasteiger partial charge in [-0.3, -0.25) is 0 Å². The number of piperazine rings is 1. The van der Waals surface area contributed by atoms with Gasteiger partial charge in [0.15, 0.2) is 0 Å². The third kappa shape index (κ3) is 4.64. The monoisotopic (exact) mass is 351 g/mol. The van der Waals surface area contributed by atoms with Gasteiger partial charge in [0.2, 0.25) is 0 Å². The lowest BCUT2D eigenvalue weighted by Crippen LogP contribution is -2.48. The normalized spacial score (nSPS) is 18.5. The van der Waals surface area contributed by atoms with Crippen LogP contribution in [0.4, 0.5) is 0 Å². The Morgan fingerprint density at radius 3 is 2.43 bits per heavy atom. The maximum Gasteiger partial charge on any atom is 0.252 e. The Balaban J connectivity index is 1.86. The summed E-state index contributed by atoms with van der Waals surface area (Å²) in [6.45, 7) is 4.79. The van der Waals surface area contributed by atoms with Crippen molar-refractivity contribution >= 4 is 33.0 Å². The van der Waals surface area contributed by atoms with Gasteiger partial charge in [0.25, 0.3) is 10.0 Å². The van der Waals surface area contributed by atoms with E-state index in [4.69, 9.17) is 11.6 Å². The molecule has 1 aliphatic rings. The quantitative estimate of drug-likeness (QED) is 0.781. The van der Waals surface area contributed by atoms with Crippen molar-refractivity contribution in [2.75, 3.05) is 53.4 Å². The summed E-state index contributed by atoms with van der Waals surface area (Å²) in [5.41, 5.74) is 0. The number of nitrogens with zero attached hydrogens (tertiary/aromatic N) is 3. The van der Waals surface area contributed by atoms with Crippen molar-refractivity contribution in [2.45, 2.75) is 10.6 Å². The average molecular weight is 352 g/mol. The van der Waals surface area contributed by atoms with E-state index in [9.17, 15) is 8.42 Å². The maximum absolute atomic E-state index is 12.5. The molecule has 5 nitrogen and oxygen atoms in total. The minimum absolute atomic E-state index is 0.341. The van der Waals surface area contributed by atoms with Crippen molar-refractivity contribution in [1.29, 1.82) is 0 Å². The first kappa shape index (κ1) is 17.2. The molecule has 0 N–H and O–H groups in total. The predicted octanol–water partition coefficient (Wildman–Crippen LogP) is 1.66. The lowest BCUT2D eigenvalue weighted by atomic mass is 10.3. The van der Waals surface area contributed by atoms with E-state index in [0.29, 0.717) is 21.6 Å². The van der Waals surface area contributed by atoms with E-state index in [2.05, 4.69) is 23.9 Å². The zero-order valence-corrected chi connectivity index (χ0v) is 14.8. The van der Waals surface area contributed by atoms with Crippen LogP contribution in [0.25, 0.3) is 0 Å². The summed E-state index contributed by atoms with van der Waals surface area (Å²) in [7, 11) is 0.766. The van der Waals surface area contributed by atoms with E-state index in [1.54, 1.807) is 16.4 Å². The first-order valence-electron chi connectivity index (χ1n) is 7.02. The second kappa shape index (κ2) is 7.39. The summed E-state index contributed by atoms with van der Waals surface area (Å²) < 4.78 is 27.3. The number of rotatable bonds is 6. The van der Waals surface area contributed by atoms with Crippen LogP contribution in [-0.4, -0.2) is 75.9 Å². The second-order valence-electron chi connectivity index (χ2n) is 5.46. The minimum atomic E-state index is -3.37. The Morgan fingerprint density at radius 1 is 1.24 bits per heavy atom. The van der Waals surface area contributed by atoms with Crippen molar-refractivity contribution in [3.8, 4) is 0 Å². The van der Waals surface area contributed by atoms with Gasteiger partial charge in [-0.2, -0.15) is 4.31 Å². The van der Waals surface area contributed by atoms with Gasteiger partial charge in [-0.05, 0) is 45.7 Å². The van der Waals surface area contributed by atoms with Gasteiger partial charge < -0.3 is 9.80 Å². The molecule has 0 spiro atoms. The van der Waals surface area contributed by atoms with Crippen LogP contribution in [-0.2, 0) is 10.0 Å². The molecule has 0 unspecified atom stereocenters. The molecule has 21 heavy (non-hydrogen) atoms. The molecule has 0 aliphatic carbocycles. The molecule has 1 aromatic heterocycles. The van der Waals surface area contributed by atoms with Crippen LogP contribution < -0.4 is 0 Å². The van der Waals surface area contributed by atoms with Gasteiger partial charge in [-0.25, -0.2) is 8.42 Å². The topological polar surface area (TPSA) is 43.9 Å². The van der Waals surface area contributed by atoms with Crippen molar-refractivity contribution in [1.82, 2.24) is 14.1 Å². The molecule has 0 radical (unpaired) electrons. The standard InChI is InChI=1S/C13H22ClN3O2S2/c1-15(2)6-3-7-16-8-10-17(11-9-16)21(18,19)13-5-4-12(14)20-13/h4-5H,3,6-11H2,1-2H3. The molecular formula is C13H22ClN3O2S2. The Bertz CT molecular complexity index is 552. The average Bonchev–Trinajstić information content (AvgIpc) is 2.86. The molecule has 0 aromatic carbocycles. The summed E-state index contributed by atoms with van der Waals surface area (Å²) in [6.07, 6.45) is 1.11. The molecule has 1 aliphatic heterocycles. The maximum atomic E-state index is 12.5. The van der Waals surface area contributed by atoms with E-state index in [-0.39, 0.29) is 0 Å². The van der Waals surface area contributed by atoms with Crippen LogP contribution in [0.1, 0.15) is 6.42 Å². The lowest BCUT2D eigenvalue weighted by Gasteiger charge is -2.33. The molecule has 8 heteroatoms. The highest BCUT2D eigenvalue weighted by molar-refractivity contribution is 7.91. The molecule has 0 saturated carbocycles. The van der Waals surface area contributed by atoms with Crippen LogP contribution >= 0.6 is 22.9 Å². The van der Waals surface area contributed by atoms with Crippen molar-refractivity contribution in [3.63, 3.8) is 0 Å². The summed E-state index contributed by atoms with van der Waals surface area (Å²) in [4.78, 5) is 4.50. The number of thiophene rings is 1. The summed E-state index contributed by atoms with van der Waals surface area (Å²) in [5, 5.41) is 0. The number of sulfonamides is 1. The number of halogens is 1. The molecule has 2 rings (SSSR count). The van der Waals surface area contributed by atoms with Crippen LogP contribution in [0.15, 0.2) is 16.3 Å². The Kier molecular flexibility index (Phi) is 6.05. The first-order valence-corrected chi connectivity index (χ1v) is 9.65. The van der Waals surface area contributed by atoms with Crippen LogP contribution in [0.5, 0.6) is 0 Å². The Hall–Kier alpha value is -0.180. The van der Waals surface area contributed by atoms with Gasteiger partial charge in [0, 0.05) is 26.2 Å². The lowest BCUT2D eigenvalue weighted by molar-refractivity contribution is 0.181. The van der Waals surface area contributed by atoms with E-state index in [1.807, 2.05) is 0 Å². The van der Waals surface area contributed by atoms with E-state index < -0.39 is 10.0 Å². The molecule has 0 atom stereocenters. The molecule has 0 amide bonds. The van der Waals surface area contributed by atoms with E-state index >= 15 is 0 Å². The fourth-order valence-corrected chi connectivity index (χ4v) is 5.43. The van der Waals surface area contributed by atoms with Gasteiger partial charge in [0.05, 0.1) is 4.34 Å². The highest BCUT2D eigenvalue weighted by Gasteiger charge is 2.29. The smallest absolute Gasteiger partial charge is 0.252 e. The second-order valence-corrected chi connectivity index (χ2v) is 9.34. The van der Waals surface area contributed by atoms with Gasteiger partial charge >= 0.3 is 0 Å². The van der Waals surface area contributed by atoms with Crippen molar-refractivity contribution in [2.24, 2.45) is 0 Å². The fraction of sp³-hybridized carbons (Fsp3) is 0.692. The number of hydrogen-bond donors (Lipinski definition) is 0. The van der Waals surface area contributed by atoms with Crippen molar-refractivity contribution < 1.29 is 8.42 Å². The van der Waals surface area contributed by atoms with E-state index in [0.717, 1.165) is 43.9 Å². The van der Waals surface area contributed by atoms with Crippen LogP contribution in [0.2, 0.25) is 4.34 Å². The van der Waals surface area contributed by atoms with Gasteiger partial charge in [-0.1, -0.05) is 11.6 Å². The molecule has 1 saturated heterocycles. The molecule has 0 bridgehead atoms. The molecular weight excluding hydrogens is 330 g/mol. The highest BCUT2D eigenvalue weighted by atomic mass is 35.5. The molecule has 1 fully saturated rings. The third-order valence-corrected chi connectivity index (χ3v) is 7.15. The summed E-state index contributed by atoms with van der Waals surface area (Å²) in [6, 6.07) is 3.22. The summed E-state index contributed by atoms with van der Waals surface area (Å²) >= 11 is 6.96. The van der Waals surface area contributed by atoms with Gasteiger partial charge in [-0.15, -0.1) is 11.3 Å².